The Labute approximate surface area is 85.1 Å². The molecule has 2 N–H and O–H groups in total. The highest BCUT2D eigenvalue weighted by Gasteiger charge is 2.42. The molecule has 0 unspecified atom stereocenters. The molecule has 2 fully saturated rings. The molecule has 2 aliphatic carbocycles. The van der Waals surface area contributed by atoms with Gasteiger partial charge in [-0.05, 0) is 43.6 Å². The molecule has 78 valence electrons. The molecule has 3 nitrogen and oxygen atoms in total. The van der Waals surface area contributed by atoms with Gasteiger partial charge < -0.3 is 10.4 Å². The van der Waals surface area contributed by atoms with Crippen molar-refractivity contribution in [1.82, 2.24) is 5.32 Å². The Morgan fingerprint density at radius 1 is 1.43 bits per heavy atom. The fraction of sp³-hybridized carbons (Fsp3) is 0.909. The fourth-order valence-electron chi connectivity index (χ4n) is 2.17. The van der Waals surface area contributed by atoms with Gasteiger partial charge in [-0.15, -0.1) is 0 Å². The van der Waals surface area contributed by atoms with Crippen LogP contribution in [0.4, 0.5) is 0 Å². The molecule has 0 aliphatic heterocycles. The average molecular weight is 194 g/mol. The molecule has 2 aliphatic rings. The highest BCUT2D eigenvalue weighted by Crippen LogP contribution is 2.47. The number of nitriles is 1. The third-order valence-electron chi connectivity index (χ3n) is 3.55. The van der Waals surface area contributed by atoms with Gasteiger partial charge in [-0.3, -0.25) is 0 Å². The van der Waals surface area contributed by atoms with E-state index in [0.717, 1.165) is 25.9 Å². The lowest BCUT2D eigenvalue weighted by Gasteiger charge is -2.31. The number of hydrogen-bond acceptors (Lipinski definition) is 3. The number of nitrogens with one attached hydrogen (secondary N) is 1. The number of nitrogens with zero attached hydrogens (tertiary/aromatic N) is 1. The molecular formula is C11H18N2O. The van der Waals surface area contributed by atoms with Crippen LogP contribution < -0.4 is 5.32 Å². The van der Waals surface area contributed by atoms with Crippen LogP contribution in [0.25, 0.3) is 0 Å². The van der Waals surface area contributed by atoms with Crippen LogP contribution in [-0.4, -0.2) is 24.3 Å². The van der Waals surface area contributed by atoms with Crippen molar-refractivity contribution in [2.24, 2.45) is 11.3 Å². The van der Waals surface area contributed by atoms with Crippen LogP contribution in [0.15, 0.2) is 0 Å². The van der Waals surface area contributed by atoms with E-state index in [1.165, 1.54) is 12.8 Å². The van der Waals surface area contributed by atoms with E-state index in [0.29, 0.717) is 17.8 Å². The summed E-state index contributed by atoms with van der Waals surface area (Å²) in [5.41, 5.74) is 0.317. The molecule has 0 aromatic carbocycles. The van der Waals surface area contributed by atoms with E-state index in [4.69, 9.17) is 10.4 Å². The molecule has 3 heteroatoms. The smallest absolute Gasteiger partial charge is 0.0628 e. The van der Waals surface area contributed by atoms with Gasteiger partial charge in [0, 0.05) is 13.0 Å². The van der Waals surface area contributed by atoms with Crippen molar-refractivity contribution in [3.8, 4) is 6.07 Å². The maximum atomic E-state index is 9.10. The first-order valence-corrected chi connectivity index (χ1v) is 5.50. The van der Waals surface area contributed by atoms with E-state index in [2.05, 4.69) is 11.4 Å². The second kappa shape index (κ2) is 3.88. The Kier molecular flexibility index (Phi) is 2.76. The van der Waals surface area contributed by atoms with E-state index in [-0.39, 0.29) is 6.10 Å². The van der Waals surface area contributed by atoms with Crippen LogP contribution in [0.3, 0.4) is 0 Å². The Bertz CT molecular complexity index is 236. The summed E-state index contributed by atoms with van der Waals surface area (Å²) < 4.78 is 0. The van der Waals surface area contributed by atoms with Gasteiger partial charge in [0.2, 0.25) is 0 Å². The second-order valence-corrected chi connectivity index (χ2v) is 4.96. The number of aliphatic hydroxyl groups is 1. The minimum atomic E-state index is -0.0456. The highest BCUT2D eigenvalue weighted by atomic mass is 16.3. The summed E-state index contributed by atoms with van der Waals surface area (Å²) in [4.78, 5) is 0. The summed E-state index contributed by atoms with van der Waals surface area (Å²) in [6.07, 6.45) is 4.99. The third-order valence-corrected chi connectivity index (χ3v) is 3.55. The molecule has 0 amide bonds. The molecule has 2 saturated carbocycles. The van der Waals surface area contributed by atoms with Crippen molar-refractivity contribution in [1.29, 1.82) is 5.26 Å². The minimum Gasteiger partial charge on any atom is -0.393 e. The standard InChI is InChI=1S/C11H18N2O/c12-4-3-11(1-2-11)8-13-7-9-5-10(14)6-9/h9-10,13-14H,1-3,5-8H2. The van der Waals surface area contributed by atoms with Crippen LogP contribution in [0.2, 0.25) is 0 Å². The molecule has 0 aromatic heterocycles. The maximum Gasteiger partial charge on any atom is 0.0628 e. The van der Waals surface area contributed by atoms with Crippen LogP contribution in [0.1, 0.15) is 32.1 Å². The van der Waals surface area contributed by atoms with Gasteiger partial charge >= 0.3 is 0 Å². The summed E-state index contributed by atoms with van der Waals surface area (Å²) in [6, 6.07) is 2.26. The van der Waals surface area contributed by atoms with Crippen molar-refractivity contribution in [3.05, 3.63) is 0 Å². The van der Waals surface area contributed by atoms with Crippen LogP contribution in [-0.2, 0) is 0 Å². The van der Waals surface area contributed by atoms with E-state index in [1.807, 2.05) is 0 Å². The van der Waals surface area contributed by atoms with Crippen molar-refractivity contribution in [3.63, 3.8) is 0 Å². The summed E-state index contributed by atoms with van der Waals surface area (Å²) >= 11 is 0. The Balaban J connectivity index is 1.57. The largest absolute Gasteiger partial charge is 0.393 e. The first kappa shape index (κ1) is 9.95. The lowest BCUT2D eigenvalue weighted by molar-refractivity contribution is 0.0426. The van der Waals surface area contributed by atoms with Crippen LogP contribution >= 0.6 is 0 Å². The predicted octanol–water partition coefficient (Wildman–Crippen LogP) is 1.04. The molecule has 2 rings (SSSR count). The Morgan fingerprint density at radius 3 is 2.64 bits per heavy atom. The third kappa shape index (κ3) is 2.26. The zero-order valence-electron chi connectivity index (χ0n) is 8.50. The van der Waals surface area contributed by atoms with Gasteiger partial charge in [0.15, 0.2) is 0 Å². The topological polar surface area (TPSA) is 56.0 Å². The van der Waals surface area contributed by atoms with Crippen LogP contribution in [0.5, 0.6) is 0 Å². The van der Waals surface area contributed by atoms with Crippen molar-refractivity contribution in [2.45, 2.75) is 38.2 Å². The zero-order chi connectivity index (χ0) is 10.0. The zero-order valence-corrected chi connectivity index (χ0v) is 8.50. The normalized spacial score (nSPS) is 33.1. The molecule has 0 saturated heterocycles. The van der Waals surface area contributed by atoms with Gasteiger partial charge in [-0.1, -0.05) is 0 Å². The van der Waals surface area contributed by atoms with Crippen molar-refractivity contribution in [2.75, 3.05) is 13.1 Å². The van der Waals surface area contributed by atoms with Gasteiger partial charge in [0.1, 0.15) is 0 Å². The molecule has 0 radical (unpaired) electrons. The summed E-state index contributed by atoms with van der Waals surface area (Å²) in [6.45, 7) is 2.01. The monoisotopic (exact) mass is 194 g/mol. The average Bonchev–Trinajstić information content (AvgIpc) is 2.83. The molecule has 0 heterocycles. The van der Waals surface area contributed by atoms with Gasteiger partial charge in [0.05, 0.1) is 12.2 Å². The lowest BCUT2D eigenvalue weighted by atomic mass is 9.82. The van der Waals surface area contributed by atoms with Crippen LogP contribution in [0, 0.1) is 22.7 Å². The van der Waals surface area contributed by atoms with Gasteiger partial charge in [0.25, 0.3) is 0 Å². The summed E-state index contributed by atoms with van der Waals surface area (Å²) in [5, 5.41) is 21.2. The molecule has 0 aromatic rings. The first-order chi connectivity index (χ1) is 6.74. The molecule has 14 heavy (non-hydrogen) atoms. The number of rotatable bonds is 5. The van der Waals surface area contributed by atoms with E-state index >= 15 is 0 Å². The molecule has 0 spiro atoms. The fourth-order valence-corrected chi connectivity index (χ4v) is 2.17. The number of aliphatic hydroxyl groups excluding tert-OH is 1. The van der Waals surface area contributed by atoms with Crippen molar-refractivity contribution < 1.29 is 5.11 Å². The quantitative estimate of drug-likeness (QED) is 0.687. The van der Waals surface area contributed by atoms with Gasteiger partial charge in [-0.25, -0.2) is 0 Å². The van der Waals surface area contributed by atoms with E-state index in [1.54, 1.807) is 0 Å². The van der Waals surface area contributed by atoms with Gasteiger partial charge in [-0.2, -0.15) is 5.26 Å². The van der Waals surface area contributed by atoms with E-state index in [9.17, 15) is 0 Å². The Hall–Kier alpha value is -0.590. The lowest BCUT2D eigenvalue weighted by Crippen LogP contribution is -2.38. The predicted molar refractivity (Wildman–Crippen MR) is 53.5 cm³/mol. The Morgan fingerprint density at radius 2 is 2.14 bits per heavy atom. The van der Waals surface area contributed by atoms with Crippen molar-refractivity contribution >= 4 is 0 Å². The van der Waals surface area contributed by atoms with E-state index < -0.39 is 0 Å². The first-order valence-electron chi connectivity index (χ1n) is 5.50. The summed E-state index contributed by atoms with van der Waals surface area (Å²) in [7, 11) is 0. The maximum absolute atomic E-state index is 9.10. The second-order valence-electron chi connectivity index (χ2n) is 4.96. The number of hydrogen-bond donors (Lipinski definition) is 2. The highest BCUT2D eigenvalue weighted by molar-refractivity contribution is 5.00. The molecule has 0 atom stereocenters. The molecular weight excluding hydrogens is 176 g/mol. The minimum absolute atomic E-state index is 0.0456. The SMILES string of the molecule is N#CCC1(CNCC2CC(O)C2)CC1. The summed E-state index contributed by atoms with van der Waals surface area (Å²) in [5.74, 6) is 0.669. The molecule has 0 bridgehead atoms.